The first kappa shape index (κ1) is 23.4. The fourth-order valence-corrected chi connectivity index (χ4v) is 5.67. The zero-order chi connectivity index (χ0) is 25.5. The number of fused-ring (bicyclic) bond motifs is 2. The van der Waals surface area contributed by atoms with Gasteiger partial charge < -0.3 is 9.47 Å². The van der Waals surface area contributed by atoms with Gasteiger partial charge in [0.2, 0.25) is 11.1 Å². The van der Waals surface area contributed by atoms with Crippen LogP contribution in [-0.4, -0.2) is 55.4 Å². The van der Waals surface area contributed by atoms with E-state index in [9.17, 15) is 14.0 Å². The van der Waals surface area contributed by atoms with E-state index in [2.05, 4.69) is 10.1 Å². The molecular weight excluding hydrogens is 491 g/mol. The monoisotopic (exact) mass is 514 g/mol. The standard InChI is InChI=1S/C27H23FN6O2S/c28-21-9-3-1-7-17(21)15-33-16-18(19-8-2-4-10-22(19)33)13-20-25(29)34-27(30-26(20)36)37-23(31-34)14-24(35)32-11-5-6-12-32/h1-4,7-10,13,16,29H,5-6,11-12,14-15H2/b20-13-,29-25?. The van der Waals surface area contributed by atoms with Gasteiger partial charge in [0, 0.05) is 41.3 Å². The molecule has 2 amide bonds. The van der Waals surface area contributed by atoms with Gasteiger partial charge in [-0.1, -0.05) is 36.4 Å². The van der Waals surface area contributed by atoms with Gasteiger partial charge in [-0.25, -0.2) is 4.39 Å². The second kappa shape index (κ2) is 9.44. The van der Waals surface area contributed by atoms with E-state index in [0.717, 1.165) is 54.2 Å². The van der Waals surface area contributed by atoms with Gasteiger partial charge in [-0.2, -0.15) is 15.1 Å². The second-order valence-electron chi connectivity index (χ2n) is 9.10. The van der Waals surface area contributed by atoms with Gasteiger partial charge in [0.25, 0.3) is 5.91 Å². The summed E-state index contributed by atoms with van der Waals surface area (Å²) in [6, 6.07) is 14.3. The first-order chi connectivity index (χ1) is 18.0. The van der Waals surface area contributed by atoms with Crippen LogP contribution in [0.25, 0.3) is 17.0 Å². The number of carbonyl (C=O) groups is 2. The first-order valence-electron chi connectivity index (χ1n) is 12.1. The third kappa shape index (κ3) is 4.37. The van der Waals surface area contributed by atoms with Crippen molar-refractivity contribution in [3.8, 4) is 0 Å². The van der Waals surface area contributed by atoms with Crippen molar-refractivity contribution >= 4 is 56.6 Å². The number of hydrogen-bond acceptors (Lipinski definition) is 5. The minimum atomic E-state index is -0.531. The van der Waals surface area contributed by atoms with Crippen LogP contribution in [0.5, 0.6) is 0 Å². The lowest BCUT2D eigenvalue weighted by Gasteiger charge is -2.20. The molecule has 0 saturated carbocycles. The number of rotatable bonds is 5. The SMILES string of the molecule is N=C1/C(=C/c2cn(Cc3ccccc3F)c3ccccc23)C(=O)N=C2SC(CC(=O)N3CCCC3)=NN12. The molecule has 3 aliphatic rings. The Bertz CT molecular complexity index is 1550. The van der Waals surface area contributed by atoms with Crippen LogP contribution in [-0.2, 0) is 16.1 Å². The fraction of sp³-hybridized carbons (Fsp3) is 0.222. The van der Waals surface area contributed by atoms with Gasteiger partial charge in [-0.3, -0.25) is 15.0 Å². The van der Waals surface area contributed by atoms with Crippen LogP contribution in [0.15, 0.2) is 70.4 Å². The Morgan fingerprint density at radius 3 is 2.68 bits per heavy atom. The smallest absolute Gasteiger partial charge is 0.283 e. The molecule has 1 aromatic heterocycles. The lowest BCUT2D eigenvalue weighted by Crippen LogP contribution is -2.35. The third-order valence-corrected chi connectivity index (χ3v) is 7.58. The maximum absolute atomic E-state index is 14.3. The zero-order valence-corrected chi connectivity index (χ0v) is 20.7. The van der Waals surface area contributed by atoms with Crippen LogP contribution in [0.3, 0.4) is 0 Å². The van der Waals surface area contributed by atoms with Crippen molar-refractivity contribution in [2.45, 2.75) is 25.8 Å². The van der Waals surface area contributed by atoms with Crippen molar-refractivity contribution in [1.82, 2.24) is 14.5 Å². The Morgan fingerprint density at radius 1 is 1.11 bits per heavy atom. The normalized spacial score (nSPS) is 18.6. The number of aliphatic imine (C=N–C) groups is 1. The molecule has 2 aromatic carbocycles. The minimum absolute atomic E-state index is 0.000446. The molecule has 0 radical (unpaired) electrons. The topological polar surface area (TPSA) is 94.1 Å². The number of nitrogens with zero attached hydrogens (tertiary/aromatic N) is 5. The van der Waals surface area contributed by atoms with Crippen molar-refractivity contribution in [3.63, 3.8) is 0 Å². The predicted molar refractivity (Wildman–Crippen MR) is 143 cm³/mol. The third-order valence-electron chi connectivity index (χ3n) is 6.68. The van der Waals surface area contributed by atoms with E-state index >= 15 is 0 Å². The molecule has 10 heteroatoms. The van der Waals surface area contributed by atoms with Crippen molar-refractivity contribution < 1.29 is 14.0 Å². The number of hydrogen-bond donors (Lipinski definition) is 1. The average Bonchev–Trinajstić information content (AvgIpc) is 3.63. The van der Waals surface area contributed by atoms with E-state index in [1.165, 1.54) is 11.1 Å². The van der Waals surface area contributed by atoms with E-state index in [1.807, 2.05) is 39.9 Å². The lowest BCUT2D eigenvalue weighted by atomic mass is 10.1. The molecule has 8 nitrogen and oxygen atoms in total. The van der Waals surface area contributed by atoms with E-state index in [0.29, 0.717) is 22.3 Å². The number of carbonyl (C=O) groups excluding carboxylic acids is 2. The predicted octanol–water partition coefficient (Wildman–Crippen LogP) is 4.46. The molecule has 1 N–H and O–H groups in total. The van der Waals surface area contributed by atoms with Crippen LogP contribution in [0.2, 0.25) is 0 Å². The minimum Gasteiger partial charge on any atom is -0.342 e. The Balaban J connectivity index is 1.30. The zero-order valence-electron chi connectivity index (χ0n) is 19.9. The molecule has 0 aliphatic carbocycles. The van der Waals surface area contributed by atoms with Crippen molar-refractivity contribution in [2.24, 2.45) is 10.1 Å². The highest BCUT2D eigenvalue weighted by Crippen LogP contribution is 2.31. The van der Waals surface area contributed by atoms with E-state index in [-0.39, 0.29) is 29.6 Å². The van der Waals surface area contributed by atoms with Crippen LogP contribution in [0, 0.1) is 11.2 Å². The number of benzene rings is 2. The van der Waals surface area contributed by atoms with Crippen LogP contribution >= 0.6 is 11.8 Å². The van der Waals surface area contributed by atoms with Crippen molar-refractivity contribution in [1.29, 1.82) is 5.41 Å². The van der Waals surface area contributed by atoms with Gasteiger partial charge in [0.1, 0.15) is 10.9 Å². The average molecular weight is 515 g/mol. The molecule has 0 spiro atoms. The van der Waals surface area contributed by atoms with Crippen LogP contribution in [0.1, 0.15) is 30.4 Å². The molecular formula is C27H23FN6O2S. The molecule has 3 aromatic rings. The molecule has 37 heavy (non-hydrogen) atoms. The van der Waals surface area contributed by atoms with Crippen molar-refractivity contribution in [2.75, 3.05) is 13.1 Å². The number of amides is 2. The molecule has 0 unspecified atom stereocenters. The van der Waals surface area contributed by atoms with E-state index in [1.54, 1.807) is 24.3 Å². The molecule has 0 atom stereocenters. The summed E-state index contributed by atoms with van der Waals surface area (Å²) < 4.78 is 16.3. The Morgan fingerprint density at radius 2 is 1.86 bits per heavy atom. The summed E-state index contributed by atoms with van der Waals surface area (Å²) in [5, 5.41) is 16.1. The summed E-state index contributed by atoms with van der Waals surface area (Å²) in [4.78, 5) is 31.5. The number of nitrogens with one attached hydrogen (secondary N) is 1. The van der Waals surface area contributed by atoms with Gasteiger partial charge in [-0.05, 0) is 42.8 Å². The number of aromatic nitrogens is 1. The van der Waals surface area contributed by atoms with Gasteiger partial charge in [0.05, 0.1) is 18.5 Å². The highest BCUT2D eigenvalue weighted by molar-refractivity contribution is 8.27. The lowest BCUT2D eigenvalue weighted by molar-refractivity contribution is -0.128. The molecule has 1 fully saturated rings. The quantitative estimate of drug-likeness (QED) is 0.509. The van der Waals surface area contributed by atoms with Gasteiger partial charge >= 0.3 is 0 Å². The highest BCUT2D eigenvalue weighted by Gasteiger charge is 2.36. The molecule has 6 rings (SSSR count). The summed E-state index contributed by atoms with van der Waals surface area (Å²) in [6.45, 7) is 1.84. The fourth-order valence-electron chi connectivity index (χ4n) is 4.80. The number of para-hydroxylation sites is 1. The van der Waals surface area contributed by atoms with E-state index < -0.39 is 5.91 Å². The number of hydrazone groups is 1. The number of thioether (sulfide) groups is 1. The Kier molecular flexibility index (Phi) is 5.96. The second-order valence-corrected chi connectivity index (χ2v) is 10.1. The highest BCUT2D eigenvalue weighted by atomic mass is 32.2. The number of likely N-dealkylation sites (tertiary alicyclic amines) is 1. The summed E-state index contributed by atoms with van der Waals surface area (Å²) in [5.41, 5.74) is 2.26. The largest absolute Gasteiger partial charge is 0.342 e. The molecule has 1 saturated heterocycles. The maximum atomic E-state index is 14.3. The number of halogens is 1. The summed E-state index contributed by atoms with van der Waals surface area (Å²) in [7, 11) is 0. The van der Waals surface area contributed by atoms with Crippen LogP contribution < -0.4 is 0 Å². The molecule has 4 heterocycles. The van der Waals surface area contributed by atoms with Gasteiger partial charge in [-0.15, -0.1) is 0 Å². The van der Waals surface area contributed by atoms with Crippen molar-refractivity contribution in [3.05, 3.63) is 77.2 Å². The Labute approximate surface area is 216 Å². The summed E-state index contributed by atoms with van der Waals surface area (Å²) in [6.07, 6.45) is 5.64. The molecule has 0 bridgehead atoms. The van der Waals surface area contributed by atoms with Gasteiger partial charge in [0.15, 0.2) is 5.84 Å². The summed E-state index contributed by atoms with van der Waals surface area (Å²) >= 11 is 1.16. The molecule has 186 valence electrons. The number of amidine groups is 2. The Hall–Kier alpha value is -4.05. The first-order valence-corrected chi connectivity index (χ1v) is 12.9. The maximum Gasteiger partial charge on any atom is 0.283 e. The molecule has 3 aliphatic heterocycles. The van der Waals surface area contributed by atoms with E-state index in [4.69, 9.17) is 5.41 Å². The van der Waals surface area contributed by atoms with Crippen LogP contribution in [0.4, 0.5) is 4.39 Å². The summed E-state index contributed by atoms with van der Waals surface area (Å²) in [5.74, 6) is -0.899.